The molecule has 0 aliphatic carbocycles. The van der Waals surface area contributed by atoms with Crippen LogP contribution in [0.3, 0.4) is 0 Å². The van der Waals surface area contributed by atoms with Gasteiger partial charge in [-0.1, -0.05) is 49.4 Å². The first-order valence-corrected chi connectivity index (χ1v) is 11.2. The quantitative estimate of drug-likeness (QED) is 0.443. The van der Waals surface area contributed by atoms with Gasteiger partial charge in [0.25, 0.3) is 5.91 Å². The zero-order valence-corrected chi connectivity index (χ0v) is 19.2. The van der Waals surface area contributed by atoms with E-state index in [9.17, 15) is 9.59 Å². The fraction of sp³-hybridized carbons (Fsp3) is 0.259. The third-order valence-corrected chi connectivity index (χ3v) is 5.45. The summed E-state index contributed by atoms with van der Waals surface area (Å²) in [4.78, 5) is 27.2. The van der Waals surface area contributed by atoms with Gasteiger partial charge in [0, 0.05) is 30.8 Å². The molecule has 3 rings (SSSR count). The zero-order chi connectivity index (χ0) is 23.5. The third-order valence-electron chi connectivity index (χ3n) is 5.45. The Bertz CT molecular complexity index is 1040. The summed E-state index contributed by atoms with van der Waals surface area (Å²) in [5, 5.41) is 5.76. The Hall–Kier alpha value is -3.64. The number of rotatable bonds is 11. The summed E-state index contributed by atoms with van der Waals surface area (Å²) in [6.45, 7) is 4.63. The number of ether oxygens (including phenoxy) is 1. The molecular weight excluding hydrogens is 414 g/mol. The molecule has 0 bridgehead atoms. The van der Waals surface area contributed by atoms with Crippen LogP contribution in [0.25, 0.3) is 0 Å². The fourth-order valence-corrected chi connectivity index (χ4v) is 3.49. The Balaban J connectivity index is 1.46. The third kappa shape index (κ3) is 7.47. The predicted octanol–water partition coefficient (Wildman–Crippen LogP) is 4.84. The molecule has 0 radical (unpaired) electrons. The van der Waals surface area contributed by atoms with Gasteiger partial charge in [0.1, 0.15) is 5.75 Å². The second kappa shape index (κ2) is 12.4. The van der Waals surface area contributed by atoms with E-state index < -0.39 is 0 Å². The first-order chi connectivity index (χ1) is 16.1. The summed E-state index contributed by atoms with van der Waals surface area (Å²) in [6.07, 6.45) is 1.38. The number of nitrogens with one attached hydrogen (secondary N) is 2. The highest BCUT2D eigenvalue weighted by Gasteiger charge is 2.11. The molecule has 0 aromatic heterocycles. The molecule has 0 aliphatic heterocycles. The van der Waals surface area contributed by atoms with Crippen LogP contribution in [0.4, 0.5) is 11.4 Å². The minimum absolute atomic E-state index is 0.0422. The molecule has 0 heterocycles. The fourth-order valence-electron chi connectivity index (χ4n) is 3.49. The van der Waals surface area contributed by atoms with E-state index >= 15 is 0 Å². The maximum absolute atomic E-state index is 12.5. The molecule has 2 N–H and O–H groups in total. The largest absolute Gasteiger partial charge is 0.495 e. The number of likely N-dealkylation sites (N-methyl/N-ethyl adjacent to an activating group) is 1. The monoisotopic (exact) mass is 445 g/mol. The van der Waals surface area contributed by atoms with Crippen LogP contribution in [-0.2, 0) is 11.2 Å². The van der Waals surface area contributed by atoms with Crippen molar-refractivity contribution in [2.45, 2.75) is 19.8 Å². The van der Waals surface area contributed by atoms with Gasteiger partial charge >= 0.3 is 0 Å². The number of hydrogen-bond donors (Lipinski definition) is 2. The number of methoxy groups -OCH3 is 1. The lowest BCUT2D eigenvalue weighted by atomic mass is 10.1. The van der Waals surface area contributed by atoms with Crippen molar-refractivity contribution in [1.29, 1.82) is 0 Å². The molecule has 0 spiro atoms. The Morgan fingerprint density at radius 1 is 0.848 bits per heavy atom. The molecule has 3 aromatic carbocycles. The molecule has 0 fully saturated rings. The lowest BCUT2D eigenvalue weighted by Crippen LogP contribution is -2.29. The van der Waals surface area contributed by atoms with Gasteiger partial charge in [-0.3, -0.25) is 9.59 Å². The van der Waals surface area contributed by atoms with Crippen LogP contribution in [0.5, 0.6) is 5.75 Å². The summed E-state index contributed by atoms with van der Waals surface area (Å²) in [5.74, 6) is 0.313. The SMILES string of the molecule is CCN(CCC(=O)Nc1ccc(C(=O)Nc2ccccc2OC)cc1)CCc1ccccc1. The van der Waals surface area contributed by atoms with Gasteiger partial charge < -0.3 is 20.3 Å². The van der Waals surface area contributed by atoms with Crippen molar-refractivity contribution < 1.29 is 14.3 Å². The van der Waals surface area contributed by atoms with E-state index in [0.29, 0.717) is 35.7 Å². The molecule has 33 heavy (non-hydrogen) atoms. The van der Waals surface area contributed by atoms with E-state index in [-0.39, 0.29) is 11.8 Å². The maximum atomic E-state index is 12.5. The van der Waals surface area contributed by atoms with Gasteiger partial charge in [0.2, 0.25) is 5.91 Å². The molecule has 6 heteroatoms. The molecular formula is C27H31N3O3. The van der Waals surface area contributed by atoms with Crippen molar-refractivity contribution in [3.63, 3.8) is 0 Å². The lowest BCUT2D eigenvalue weighted by Gasteiger charge is -2.20. The number of benzene rings is 3. The zero-order valence-electron chi connectivity index (χ0n) is 19.2. The molecule has 172 valence electrons. The first kappa shape index (κ1) is 24.0. The molecule has 0 unspecified atom stereocenters. The van der Waals surface area contributed by atoms with Crippen LogP contribution in [0.15, 0.2) is 78.9 Å². The standard InChI is InChI=1S/C27H31N3O3/c1-3-30(19-17-21-9-5-4-6-10-21)20-18-26(31)28-23-15-13-22(14-16-23)27(32)29-24-11-7-8-12-25(24)33-2/h4-16H,3,17-20H2,1-2H3,(H,28,31)(H,29,32). The van der Waals surface area contributed by atoms with E-state index in [2.05, 4.69) is 34.6 Å². The summed E-state index contributed by atoms with van der Waals surface area (Å²) in [7, 11) is 1.56. The van der Waals surface area contributed by atoms with Gasteiger partial charge in [-0.15, -0.1) is 0 Å². The number of hydrogen-bond acceptors (Lipinski definition) is 4. The van der Waals surface area contributed by atoms with E-state index in [1.807, 2.05) is 30.3 Å². The molecule has 0 aliphatic rings. The predicted molar refractivity (Wildman–Crippen MR) is 133 cm³/mol. The second-order valence-corrected chi connectivity index (χ2v) is 7.70. The van der Waals surface area contributed by atoms with Crippen LogP contribution < -0.4 is 15.4 Å². The van der Waals surface area contributed by atoms with E-state index in [1.165, 1.54) is 5.56 Å². The number of carbonyl (C=O) groups is 2. The van der Waals surface area contributed by atoms with Crippen molar-refractivity contribution in [2.75, 3.05) is 37.4 Å². The smallest absolute Gasteiger partial charge is 0.255 e. The highest BCUT2D eigenvalue weighted by molar-refractivity contribution is 6.05. The molecule has 0 saturated heterocycles. The van der Waals surface area contributed by atoms with Crippen molar-refractivity contribution in [3.05, 3.63) is 90.0 Å². The van der Waals surface area contributed by atoms with E-state index in [1.54, 1.807) is 43.5 Å². The number of amides is 2. The average molecular weight is 446 g/mol. The van der Waals surface area contributed by atoms with Gasteiger partial charge in [0.15, 0.2) is 0 Å². The molecule has 0 atom stereocenters. The Labute approximate surface area is 195 Å². The first-order valence-electron chi connectivity index (χ1n) is 11.2. The Morgan fingerprint density at radius 2 is 1.55 bits per heavy atom. The normalized spacial score (nSPS) is 10.6. The average Bonchev–Trinajstić information content (AvgIpc) is 2.85. The Kier molecular flexibility index (Phi) is 9.03. The van der Waals surface area contributed by atoms with Gasteiger partial charge in [0.05, 0.1) is 12.8 Å². The summed E-state index contributed by atoms with van der Waals surface area (Å²) >= 11 is 0. The van der Waals surface area contributed by atoms with E-state index in [4.69, 9.17) is 4.74 Å². The van der Waals surface area contributed by atoms with Crippen molar-refractivity contribution in [2.24, 2.45) is 0 Å². The van der Waals surface area contributed by atoms with Gasteiger partial charge in [-0.2, -0.15) is 0 Å². The van der Waals surface area contributed by atoms with Crippen LogP contribution in [-0.4, -0.2) is 43.5 Å². The van der Waals surface area contributed by atoms with Gasteiger partial charge in [-0.25, -0.2) is 0 Å². The van der Waals surface area contributed by atoms with Crippen molar-refractivity contribution in [3.8, 4) is 5.75 Å². The lowest BCUT2D eigenvalue weighted by molar-refractivity contribution is -0.116. The van der Waals surface area contributed by atoms with Crippen molar-refractivity contribution >= 4 is 23.2 Å². The van der Waals surface area contributed by atoms with E-state index in [0.717, 1.165) is 19.5 Å². The maximum Gasteiger partial charge on any atom is 0.255 e. The molecule has 0 saturated carbocycles. The highest BCUT2D eigenvalue weighted by atomic mass is 16.5. The minimum Gasteiger partial charge on any atom is -0.495 e. The van der Waals surface area contributed by atoms with Crippen LogP contribution >= 0.6 is 0 Å². The summed E-state index contributed by atoms with van der Waals surface area (Å²) in [5.41, 5.74) is 3.07. The van der Waals surface area contributed by atoms with Crippen molar-refractivity contribution in [1.82, 2.24) is 4.90 Å². The number of carbonyl (C=O) groups excluding carboxylic acids is 2. The van der Waals surface area contributed by atoms with Crippen LogP contribution in [0, 0.1) is 0 Å². The van der Waals surface area contributed by atoms with Crippen LogP contribution in [0.1, 0.15) is 29.3 Å². The number of nitrogens with zero attached hydrogens (tertiary/aromatic N) is 1. The molecule has 2 amide bonds. The Morgan fingerprint density at radius 3 is 2.24 bits per heavy atom. The second-order valence-electron chi connectivity index (χ2n) is 7.70. The molecule has 6 nitrogen and oxygen atoms in total. The minimum atomic E-state index is -0.241. The summed E-state index contributed by atoms with van der Waals surface area (Å²) < 4.78 is 5.26. The molecule has 3 aromatic rings. The summed E-state index contributed by atoms with van der Waals surface area (Å²) in [6, 6.07) is 24.5. The number of anilines is 2. The van der Waals surface area contributed by atoms with Gasteiger partial charge in [-0.05, 0) is 54.9 Å². The number of para-hydroxylation sites is 2. The van der Waals surface area contributed by atoms with Crippen LogP contribution in [0.2, 0.25) is 0 Å². The topological polar surface area (TPSA) is 70.7 Å². The highest BCUT2D eigenvalue weighted by Crippen LogP contribution is 2.23.